The van der Waals surface area contributed by atoms with Crippen LogP contribution in [0, 0.1) is 5.82 Å². The molecule has 5 heteroatoms. The normalized spacial score (nSPS) is 11.0. The SMILES string of the molecule is CC(C)(C)NC(=O)c1ccc(NC(=O)c2ccc(F)cc2)cc1. The van der Waals surface area contributed by atoms with Gasteiger partial charge in [0.05, 0.1) is 0 Å². The fourth-order valence-electron chi connectivity index (χ4n) is 1.92. The number of nitrogens with one attached hydrogen (secondary N) is 2. The first kappa shape index (κ1) is 16.7. The Bertz CT molecular complexity index is 701. The van der Waals surface area contributed by atoms with Crippen molar-refractivity contribution in [1.82, 2.24) is 5.32 Å². The second-order valence-corrected chi connectivity index (χ2v) is 6.24. The van der Waals surface area contributed by atoms with Crippen LogP contribution in [-0.4, -0.2) is 17.4 Å². The summed E-state index contributed by atoms with van der Waals surface area (Å²) in [4.78, 5) is 24.0. The van der Waals surface area contributed by atoms with Crippen LogP contribution < -0.4 is 10.6 Å². The summed E-state index contributed by atoms with van der Waals surface area (Å²) >= 11 is 0. The van der Waals surface area contributed by atoms with Gasteiger partial charge in [-0.25, -0.2) is 4.39 Å². The molecule has 0 unspecified atom stereocenters. The summed E-state index contributed by atoms with van der Waals surface area (Å²) < 4.78 is 12.8. The fraction of sp³-hybridized carbons (Fsp3) is 0.222. The van der Waals surface area contributed by atoms with Crippen LogP contribution in [0.15, 0.2) is 48.5 Å². The summed E-state index contributed by atoms with van der Waals surface area (Å²) in [6.45, 7) is 5.71. The van der Waals surface area contributed by atoms with Gasteiger partial charge in [0, 0.05) is 22.4 Å². The minimum absolute atomic E-state index is 0.172. The lowest BCUT2D eigenvalue weighted by Crippen LogP contribution is -2.40. The molecule has 4 nitrogen and oxygen atoms in total. The first-order valence-corrected chi connectivity index (χ1v) is 7.24. The molecular weight excluding hydrogens is 295 g/mol. The molecule has 2 N–H and O–H groups in total. The molecule has 0 spiro atoms. The first-order chi connectivity index (χ1) is 10.7. The standard InChI is InChI=1S/C18H19FN2O2/c1-18(2,3)21-17(23)13-6-10-15(11-7-13)20-16(22)12-4-8-14(19)9-5-12/h4-11H,1-3H3,(H,20,22)(H,21,23). The van der Waals surface area contributed by atoms with Crippen molar-refractivity contribution in [1.29, 1.82) is 0 Å². The molecule has 0 heterocycles. The van der Waals surface area contributed by atoms with Gasteiger partial charge in [-0.15, -0.1) is 0 Å². The Morgan fingerprint density at radius 2 is 1.30 bits per heavy atom. The zero-order chi connectivity index (χ0) is 17.0. The highest BCUT2D eigenvalue weighted by Gasteiger charge is 2.15. The van der Waals surface area contributed by atoms with Crippen molar-refractivity contribution in [2.75, 3.05) is 5.32 Å². The number of halogens is 1. The maximum Gasteiger partial charge on any atom is 0.255 e. The van der Waals surface area contributed by atoms with E-state index in [1.54, 1.807) is 24.3 Å². The highest BCUT2D eigenvalue weighted by molar-refractivity contribution is 6.04. The van der Waals surface area contributed by atoms with Crippen LogP contribution in [0.25, 0.3) is 0 Å². The Hall–Kier alpha value is -2.69. The quantitative estimate of drug-likeness (QED) is 0.909. The summed E-state index contributed by atoms with van der Waals surface area (Å²) in [6, 6.07) is 11.9. The van der Waals surface area contributed by atoms with Crippen LogP contribution in [0.5, 0.6) is 0 Å². The Kier molecular flexibility index (Phi) is 4.79. The Balaban J connectivity index is 2.04. The van der Waals surface area contributed by atoms with Gasteiger partial charge in [-0.2, -0.15) is 0 Å². The largest absolute Gasteiger partial charge is 0.347 e. The third-order valence-corrected chi connectivity index (χ3v) is 3.00. The highest BCUT2D eigenvalue weighted by atomic mass is 19.1. The second-order valence-electron chi connectivity index (χ2n) is 6.24. The Labute approximate surface area is 134 Å². The molecule has 2 aromatic carbocycles. The lowest BCUT2D eigenvalue weighted by molar-refractivity contribution is 0.0919. The van der Waals surface area contributed by atoms with Crippen LogP contribution >= 0.6 is 0 Å². The van der Waals surface area contributed by atoms with Crippen LogP contribution in [0.3, 0.4) is 0 Å². The lowest BCUT2D eigenvalue weighted by Gasteiger charge is -2.20. The van der Waals surface area contributed by atoms with Crippen molar-refractivity contribution >= 4 is 17.5 Å². The van der Waals surface area contributed by atoms with Crippen molar-refractivity contribution in [3.05, 3.63) is 65.5 Å². The maximum absolute atomic E-state index is 12.8. The molecule has 0 bridgehead atoms. The number of benzene rings is 2. The van der Waals surface area contributed by atoms with Gasteiger partial charge in [0.15, 0.2) is 0 Å². The van der Waals surface area contributed by atoms with Crippen LogP contribution in [0.2, 0.25) is 0 Å². The van der Waals surface area contributed by atoms with Gasteiger partial charge in [-0.05, 0) is 69.3 Å². The second kappa shape index (κ2) is 6.60. The number of hydrogen-bond acceptors (Lipinski definition) is 2. The molecule has 2 amide bonds. The summed E-state index contributed by atoms with van der Waals surface area (Å²) in [5.74, 6) is -0.901. The van der Waals surface area contributed by atoms with E-state index < -0.39 is 5.82 Å². The summed E-state index contributed by atoms with van der Waals surface area (Å²) in [5.41, 5.74) is 1.12. The van der Waals surface area contributed by atoms with E-state index in [0.717, 1.165) is 0 Å². The number of hydrogen-bond donors (Lipinski definition) is 2. The summed E-state index contributed by atoms with van der Waals surface area (Å²) in [6.07, 6.45) is 0. The molecule has 0 aliphatic rings. The van der Waals surface area contributed by atoms with Crippen molar-refractivity contribution in [2.45, 2.75) is 26.3 Å². The molecule has 2 rings (SSSR count). The molecule has 23 heavy (non-hydrogen) atoms. The molecule has 0 aliphatic heterocycles. The maximum atomic E-state index is 12.8. The van der Waals surface area contributed by atoms with Crippen LogP contribution in [0.4, 0.5) is 10.1 Å². The Morgan fingerprint density at radius 3 is 1.83 bits per heavy atom. The van der Waals surface area contributed by atoms with Gasteiger partial charge in [-0.1, -0.05) is 0 Å². The van der Waals surface area contributed by atoms with E-state index in [0.29, 0.717) is 16.8 Å². The van der Waals surface area contributed by atoms with E-state index in [1.807, 2.05) is 20.8 Å². The lowest BCUT2D eigenvalue weighted by atomic mass is 10.1. The van der Waals surface area contributed by atoms with Gasteiger partial charge in [0.25, 0.3) is 11.8 Å². The topological polar surface area (TPSA) is 58.2 Å². The average Bonchev–Trinajstić information content (AvgIpc) is 2.46. The van der Waals surface area contributed by atoms with E-state index in [9.17, 15) is 14.0 Å². The van der Waals surface area contributed by atoms with Gasteiger partial charge in [-0.3, -0.25) is 9.59 Å². The monoisotopic (exact) mass is 314 g/mol. The highest BCUT2D eigenvalue weighted by Crippen LogP contribution is 2.13. The third kappa shape index (κ3) is 4.92. The predicted octanol–water partition coefficient (Wildman–Crippen LogP) is 3.61. The van der Waals surface area contributed by atoms with E-state index >= 15 is 0 Å². The minimum Gasteiger partial charge on any atom is -0.347 e. The van der Waals surface area contributed by atoms with Crippen LogP contribution in [0.1, 0.15) is 41.5 Å². The number of carbonyl (C=O) groups is 2. The van der Waals surface area contributed by atoms with Crippen molar-refractivity contribution < 1.29 is 14.0 Å². The molecule has 2 aromatic rings. The molecule has 0 aromatic heterocycles. The van der Waals surface area contributed by atoms with E-state index in [4.69, 9.17) is 0 Å². The Morgan fingerprint density at radius 1 is 0.826 bits per heavy atom. The molecule has 0 saturated carbocycles. The van der Waals surface area contributed by atoms with E-state index in [2.05, 4.69) is 10.6 Å². The fourth-order valence-corrected chi connectivity index (χ4v) is 1.92. The predicted molar refractivity (Wildman–Crippen MR) is 88.0 cm³/mol. The zero-order valence-corrected chi connectivity index (χ0v) is 13.3. The van der Waals surface area contributed by atoms with Crippen molar-refractivity contribution in [3.63, 3.8) is 0 Å². The van der Waals surface area contributed by atoms with Crippen molar-refractivity contribution in [2.24, 2.45) is 0 Å². The number of rotatable bonds is 3. The van der Waals surface area contributed by atoms with Gasteiger partial charge in [0.2, 0.25) is 0 Å². The number of anilines is 1. The molecule has 0 saturated heterocycles. The smallest absolute Gasteiger partial charge is 0.255 e. The third-order valence-electron chi connectivity index (χ3n) is 3.00. The zero-order valence-electron chi connectivity index (χ0n) is 13.3. The van der Waals surface area contributed by atoms with Gasteiger partial charge >= 0.3 is 0 Å². The molecule has 0 radical (unpaired) electrons. The average molecular weight is 314 g/mol. The minimum atomic E-state index is -0.393. The van der Waals surface area contributed by atoms with Crippen LogP contribution in [-0.2, 0) is 0 Å². The molecule has 0 fully saturated rings. The molecular formula is C18H19FN2O2. The molecule has 120 valence electrons. The number of amides is 2. The molecule has 0 atom stereocenters. The summed E-state index contributed by atoms with van der Waals surface area (Å²) in [5, 5.41) is 5.56. The van der Waals surface area contributed by atoms with E-state index in [-0.39, 0.29) is 17.4 Å². The van der Waals surface area contributed by atoms with E-state index in [1.165, 1.54) is 24.3 Å². The molecule has 0 aliphatic carbocycles. The van der Waals surface area contributed by atoms with Gasteiger partial charge < -0.3 is 10.6 Å². The summed E-state index contributed by atoms with van der Waals surface area (Å²) in [7, 11) is 0. The van der Waals surface area contributed by atoms with Gasteiger partial charge in [0.1, 0.15) is 5.82 Å². The first-order valence-electron chi connectivity index (χ1n) is 7.24. The number of carbonyl (C=O) groups excluding carboxylic acids is 2. The van der Waals surface area contributed by atoms with Crippen molar-refractivity contribution in [3.8, 4) is 0 Å².